The van der Waals surface area contributed by atoms with E-state index in [0.717, 1.165) is 70.5 Å². The third-order valence-electron chi connectivity index (χ3n) is 6.11. The van der Waals surface area contributed by atoms with E-state index in [2.05, 4.69) is 41.1 Å². The number of carbonyl (C=O) groups excluding carboxylic acids is 1. The van der Waals surface area contributed by atoms with Crippen LogP contribution in [0.1, 0.15) is 37.7 Å². The van der Waals surface area contributed by atoms with E-state index in [0.29, 0.717) is 5.91 Å². The summed E-state index contributed by atoms with van der Waals surface area (Å²) in [5.41, 5.74) is 1.28. The van der Waals surface area contributed by atoms with Crippen LogP contribution in [0.25, 0.3) is 0 Å². The Morgan fingerprint density at radius 1 is 1.17 bits per heavy atom. The number of likely N-dealkylation sites (tertiary alicyclic amines) is 2. The van der Waals surface area contributed by atoms with Crippen molar-refractivity contribution in [3.05, 3.63) is 29.8 Å². The summed E-state index contributed by atoms with van der Waals surface area (Å²) < 4.78 is 6.40. The van der Waals surface area contributed by atoms with Gasteiger partial charge in [0.15, 0.2) is 0 Å². The summed E-state index contributed by atoms with van der Waals surface area (Å²) in [6.07, 6.45) is 6.31. The summed E-state index contributed by atoms with van der Waals surface area (Å²) in [4.78, 5) is 17.2. The minimum Gasteiger partial charge on any atom is -0.487 e. The van der Waals surface area contributed by atoms with Gasteiger partial charge in [-0.15, -0.1) is 0 Å². The van der Waals surface area contributed by atoms with Crippen molar-refractivity contribution in [3.63, 3.8) is 0 Å². The molecule has 0 unspecified atom stereocenters. The summed E-state index contributed by atoms with van der Waals surface area (Å²) in [6, 6.07) is 8.39. The number of nitrogens with zero attached hydrogens (tertiary/aromatic N) is 2. The molecule has 2 saturated heterocycles. The summed E-state index contributed by atoms with van der Waals surface area (Å²) >= 11 is 0. The maximum Gasteiger partial charge on any atom is 0.226 e. The summed E-state index contributed by atoms with van der Waals surface area (Å²) in [7, 11) is 2.12. The molecule has 0 N–H and O–H groups in total. The molecule has 1 aromatic carbocycles. The number of fused-ring (bicyclic) bond motifs is 1. The van der Waals surface area contributed by atoms with Crippen LogP contribution in [-0.4, -0.2) is 54.5 Å². The van der Waals surface area contributed by atoms with Gasteiger partial charge in [-0.05, 0) is 50.9 Å². The van der Waals surface area contributed by atoms with Gasteiger partial charge < -0.3 is 14.5 Å². The van der Waals surface area contributed by atoms with Crippen molar-refractivity contribution in [2.75, 3.05) is 33.2 Å². The standard InChI is InChI=1S/C20H28N2O2/c1-21-12-4-6-17(15-21)19(23)22-13-10-20(11-14-22)9-8-16-5-2-3-7-18(16)24-20/h2-3,5,7,17H,4,6,8-15H2,1H3/t17-/m1/s1. The summed E-state index contributed by atoms with van der Waals surface area (Å²) in [6.45, 7) is 3.74. The van der Waals surface area contributed by atoms with Gasteiger partial charge in [0.25, 0.3) is 0 Å². The molecule has 0 radical (unpaired) electrons. The Hall–Kier alpha value is -1.55. The third kappa shape index (κ3) is 3.04. The van der Waals surface area contributed by atoms with Crippen LogP contribution in [0.15, 0.2) is 24.3 Å². The molecule has 3 aliphatic rings. The number of hydrogen-bond donors (Lipinski definition) is 0. The fourth-order valence-corrected chi connectivity index (χ4v) is 4.57. The zero-order valence-electron chi connectivity index (χ0n) is 14.7. The van der Waals surface area contributed by atoms with Crippen LogP contribution < -0.4 is 4.74 Å². The van der Waals surface area contributed by atoms with E-state index in [4.69, 9.17) is 4.74 Å². The Morgan fingerprint density at radius 2 is 1.96 bits per heavy atom. The van der Waals surface area contributed by atoms with Crippen LogP contribution in [0.2, 0.25) is 0 Å². The second-order valence-corrected chi connectivity index (χ2v) is 7.82. The Morgan fingerprint density at radius 3 is 2.75 bits per heavy atom. The van der Waals surface area contributed by atoms with Crippen LogP contribution in [0, 0.1) is 5.92 Å². The highest BCUT2D eigenvalue weighted by atomic mass is 16.5. The first-order valence-electron chi connectivity index (χ1n) is 9.39. The number of ether oxygens (including phenoxy) is 1. The van der Waals surface area contributed by atoms with E-state index >= 15 is 0 Å². The fraction of sp³-hybridized carbons (Fsp3) is 0.650. The Bertz CT molecular complexity index is 607. The molecule has 4 rings (SSSR count). The van der Waals surface area contributed by atoms with E-state index in [1.54, 1.807) is 0 Å². The number of para-hydroxylation sites is 1. The molecule has 3 aliphatic heterocycles. The fourth-order valence-electron chi connectivity index (χ4n) is 4.57. The second-order valence-electron chi connectivity index (χ2n) is 7.82. The molecule has 2 fully saturated rings. The van der Waals surface area contributed by atoms with Crippen molar-refractivity contribution in [2.24, 2.45) is 5.92 Å². The monoisotopic (exact) mass is 328 g/mol. The van der Waals surface area contributed by atoms with Gasteiger partial charge in [-0.3, -0.25) is 4.79 Å². The minimum absolute atomic E-state index is 0.0471. The average molecular weight is 328 g/mol. The van der Waals surface area contributed by atoms with E-state index < -0.39 is 0 Å². The second kappa shape index (κ2) is 6.40. The number of benzene rings is 1. The maximum absolute atomic E-state index is 12.8. The van der Waals surface area contributed by atoms with Crippen LogP contribution in [0.4, 0.5) is 0 Å². The molecule has 0 aliphatic carbocycles. The molecule has 4 nitrogen and oxygen atoms in total. The normalized spacial score (nSPS) is 26.7. The lowest BCUT2D eigenvalue weighted by Gasteiger charge is -2.45. The number of hydrogen-bond acceptors (Lipinski definition) is 3. The molecule has 0 aromatic heterocycles. The molecule has 1 atom stereocenters. The van der Waals surface area contributed by atoms with Crippen molar-refractivity contribution in [2.45, 2.75) is 44.1 Å². The quantitative estimate of drug-likeness (QED) is 0.795. The smallest absolute Gasteiger partial charge is 0.226 e. The largest absolute Gasteiger partial charge is 0.487 e. The Labute approximate surface area is 144 Å². The van der Waals surface area contributed by atoms with Gasteiger partial charge in [0.1, 0.15) is 11.4 Å². The highest BCUT2D eigenvalue weighted by molar-refractivity contribution is 5.79. The lowest BCUT2D eigenvalue weighted by Crippen LogP contribution is -2.53. The number of carbonyl (C=O) groups is 1. The van der Waals surface area contributed by atoms with Crippen LogP contribution in [0.5, 0.6) is 5.75 Å². The van der Waals surface area contributed by atoms with E-state index in [9.17, 15) is 4.79 Å². The zero-order chi connectivity index (χ0) is 16.6. The van der Waals surface area contributed by atoms with Gasteiger partial charge in [-0.1, -0.05) is 18.2 Å². The lowest BCUT2D eigenvalue weighted by atomic mass is 9.82. The van der Waals surface area contributed by atoms with Gasteiger partial charge in [0, 0.05) is 32.5 Å². The van der Waals surface area contributed by atoms with Gasteiger partial charge in [-0.25, -0.2) is 0 Å². The van der Waals surface area contributed by atoms with Crippen LogP contribution in [0.3, 0.4) is 0 Å². The molecule has 130 valence electrons. The molecule has 24 heavy (non-hydrogen) atoms. The molecule has 4 heteroatoms. The van der Waals surface area contributed by atoms with E-state index in [1.165, 1.54) is 5.56 Å². The number of rotatable bonds is 1. The van der Waals surface area contributed by atoms with E-state index in [-0.39, 0.29) is 11.5 Å². The Balaban J connectivity index is 1.38. The first-order valence-corrected chi connectivity index (χ1v) is 9.39. The summed E-state index contributed by atoms with van der Waals surface area (Å²) in [5, 5.41) is 0. The van der Waals surface area contributed by atoms with Gasteiger partial charge in [-0.2, -0.15) is 0 Å². The highest BCUT2D eigenvalue weighted by Crippen LogP contribution is 2.39. The molecule has 1 spiro atoms. The SMILES string of the molecule is CN1CCC[C@@H](C(=O)N2CCC3(CCc4ccccc4O3)CC2)C1. The predicted molar refractivity (Wildman–Crippen MR) is 94.2 cm³/mol. The minimum atomic E-state index is -0.0471. The molecule has 1 amide bonds. The van der Waals surface area contributed by atoms with E-state index in [1.807, 2.05) is 0 Å². The van der Waals surface area contributed by atoms with Gasteiger partial charge in [0.05, 0.1) is 5.92 Å². The molecule has 0 saturated carbocycles. The van der Waals surface area contributed by atoms with Crippen LogP contribution >= 0.6 is 0 Å². The third-order valence-corrected chi connectivity index (χ3v) is 6.11. The van der Waals surface area contributed by atoms with Crippen molar-refractivity contribution in [1.29, 1.82) is 0 Å². The van der Waals surface area contributed by atoms with Gasteiger partial charge in [0.2, 0.25) is 5.91 Å². The van der Waals surface area contributed by atoms with Crippen molar-refractivity contribution in [1.82, 2.24) is 9.80 Å². The van der Waals surface area contributed by atoms with Crippen molar-refractivity contribution >= 4 is 5.91 Å². The highest BCUT2D eigenvalue weighted by Gasteiger charge is 2.41. The van der Waals surface area contributed by atoms with Crippen molar-refractivity contribution in [3.8, 4) is 5.75 Å². The molecule has 1 aromatic rings. The summed E-state index contributed by atoms with van der Waals surface area (Å²) in [5.74, 6) is 1.62. The number of aryl methyl sites for hydroxylation is 1. The predicted octanol–water partition coefficient (Wildman–Crippen LogP) is 2.71. The lowest BCUT2D eigenvalue weighted by molar-refractivity contribution is -0.141. The topological polar surface area (TPSA) is 32.8 Å². The molecular weight excluding hydrogens is 300 g/mol. The Kier molecular flexibility index (Phi) is 4.25. The zero-order valence-corrected chi connectivity index (χ0v) is 14.7. The first-order chi connectivity index (χ1) is 11.7. The molecular formula is C20H28N2O2. The average Bonchev–Trinajstić information content (AvgIpc) is 2.62. The van der Waals surface area contributed by atoms with Gasteiger partial charge >= 0.3 is 0 Å². The maximum atomic E-state index is 12.8. The first kappa shape index (κ1) is 15.9. The molecule has 3 heterocycles. The van der Waals surface area contributed by atoms with Crippen molar-refractivity contribution < 1.29 is 9.53 Å². The number of amides is 1. The number of piperidine rings is 2. The molecule has 0 bridgehead atoms. The van der Waals surface area contributed by atoms with Crippen LogP contribution in [-0.2, 0) is 11.2 Å².